The van der Waals surface area contributed by atoms with Crippen molar-refractivity contribution in [3.63, 3.8) is 0 Å². The van der Waals surface area contributed by atoms with Crippen molar-refractivity contribution in [2.24, 2.45) is 0 Å². The van der Waals surface area contributed by atoms with Gasteiger partial charge in [0, 0.05) is 17.5 Å². The van der Waals surface area contributed by atoms with E-state index in [1.165, 1.54) is 0 Å². The summed E-state index contributed by atoms with van der Waals surface area (Å²) in [5.41, 5.74) is 3.23. The Morgan fingerprint density at radius 1 is 1.15 bits per heavy atom. The lowest BCUT2D eigenvalue weighted by molar-refractivity contribution is -0.136. The number of amides is 2. The van der Waals surface area contributed by atoms with E-state index in [0.717, 1.165) is 21.6 Å². The van der Waals surface area contributed by atoms with Gasteiger partial charge in [-0.3, -0.25) is 9.59 Å². The Hall–Kier alpha value is -2.93. The molecular formula is C19H20N4O2S. The zero-order chi connectivity index (χ0) is 18.5. The highest BCUT2D eigenvalue weighted by Crippen LogP contribution is 2.14. The summed E-state index contributed by atoms with van der Waals surface area (Å²) in [4.78, 5) is 25.4. The number of nitrogens with zero attached hydrogens (tertiary/aromatic N) is 2. The fraction of sp³-hybridized carbons (Fsp3) is 0.211. The smallest absolute Gasteiger partial charge is 0.314 e. The number of benzene rings is 1. The largest absolute Gasteiger partial charge is 0.344 e. The number of anilines is 1. The molecule has 0 atom stereocenters. The predicted molar refractivity (Wildman–Crippen MR) is 102 cm³/mol. The summed E-state index contributed by atoms with van der Waals surface area (Å²) in [5.74, 6) is -0.887. The van der Waals surface area contributed by atoms with E-state index < -0.39 is 11.8 Å². The number of thiophene rings is 1. The van der Waals surface area contributed by atoms with Crippen molar-refractivity contribution in [2.75, 3.05) is 5.32 Å². The molecule has 0 saturated heterocycles. The molecule has 0 aliphatic carbocycles. The second kappa shape index (κ2) is 7.97. The van der Waals surface area contributed by atoms with Crippen LogP contribution in [-0.2, 0) is 22.7 Å². The molecule has 3 aromatic rings. The van der Waals surface area contributed by atoms with E-state index in [1.807, 2.05) is 49.6 Å². The van der Waals surface area contributed by atoms with E-state index in [9.17, 15) is 9.59 Å². The van der Waals surface area contributed by atoms with E-state index in [2.05, 4.69) is 15.7 Å². The Morgan fingerprint density at radius 3 is 2.73 bits per heavy atom. The molecule has 134 valence electrons. The van der Waals surface area contributed by atoms with Gasteiger partial charge in [-0.25, -0.2) is 4.68 Å². The van der Waals surface area contributed by atoms with E-state index in [0.29, 0.717) is 18.9 Å². The summed E-state index contributed by atoms with van der Waals surface area (Å²) in [6, 6.07) is 11.6. The van der Waals surface area contributed by atoms with E-state index >= 15 is 0 Å². The van der Waals surface area contributed by atoms with Crippen LogP contribution in [0, 0.1) is 13.8 Å². The molecule has 0 unspecified atom stereocenters. The lowest BCUT2D eigenvalue weighted by Gasteiger charge is -2.10. The Bertz CT molecular complexity index is 916. The maximum Gasteiger partial charge on any atom is 0.314 e. The van der Waals surface area contributed by atoms with Gasteiger partial charge in [0.15, 0.2) is 0 Å². The molecule has 0 spiro atoms. The Morgan fingerprint density at radius 2 is 2.00 bits per heavy atom. The predicted octanol–water partition coefficient (Wildman–Crippen LogP) is 2.86. The molecule has 26 heavy (non-hydrogen) atoms. The highest BCUT2D eigenvalue weighted by molar-refractivity contribution is 7.09. The average molecular weight is 368 g/mol. The molecule has 0 aliphatic rings. The van der Waals surface area contributed by atoms with Crippen molar-refractivity contribution in [1.82, 2.24) is 15.1 Å². The van der Waals surface area contributed by atoms with Gasteiger partial charge in [0.05, 0.1) is 12.7 Å². The summed E-state index contributed by atoms with van der Waals surface area (Å²) in [7, 11) is 0. The number of carbonyl (C=O) groups is 2. The highest BCUT2D eigenvalue weighted by atomic mass is 32.1. The minimum absolute atomic E-state index is 0.312. The minimum atomic E-state index is -0.706. The summed E-state index contributed by atoms with van der Waals surface area (Å²) in [5, 5.41) is 11.5. The van der Waals surface area contributed by atoms with Gasteiger partial charge in [0.1, 0.15) is 5.82 Å². The molecule has 2 amide bonds. The average Bonchev–Trinajstić information content (AvgIpc) is 3.27. The molecule has 0 aliphatic heterocycles. The number of rotatable bonds is 5. The highest BCUT2D eigenvalue weighted by Gasteiger charge is 2.16. The summed E-state index contributed by atoms with van der Waals surface area (Å²) in [6.45, 7) is 4.86. The quantitative estimate of drug-likeness (QED) is 0.680. The van der Waals surface area contributed by atoms with Gasteiger partial charge in [0.25, 0.3) is 0 Å². The van der Waals surface area contributed by atoms with Crippen LogP contribution in [0.25, 0.3) is 0 Å². The Kier molecular flexibility index (Phi) is 5.48. The second-order valence-electron chi connectivity index (χ2n) is 6.02. The fourth-order valence-electron chi connectivity index (χ4n) is 2.59. The molecule has 7 heteroatoms. The third-order valence-corrected chi connectivity index (χ3v) is 4.85. The topological polar surface area (TPSA) is 76.0 Å². The van der Waals surface area contributed by atoms with E-state index in [1.54, 1.807) is 28.3 Å². The maximum atomic E-state index is 12.2. The summed E-state index contributed by atoms with van der Waals surface area (Å²) in [6.07, 6.45) is 1.59. The lowest BCUT2D eigenvalue weighted by Crippen LogP contribution is -2.35. The monoisotopic (exact) mass is 368 g/mol. The number of aromatic nitrogens is 2. The van der Waals surface area contributed by atoms with E-state index in [-0.39, 0.29) is 0 Å². The molecule has 2 heterocycles. The first-order valence-electron chi connectivity index (χ1n) is 8.22. The van der Waals surface area contributed by atoms with Crippen LogP contribution < -0.4 is 10.6 Å². The van der Waals surface area contributed by atoms with Crippen LogP contribution in [0.2, 0.25) is 0 Å². The maximum absolute atomic E-state index is 12.2. The SMILES string of the molecule is Cc1ccc(CNC(=O)C(=O)Nc2ccnn2Cc2cccs2)c(C)c1. The van der Waals surface area contributed by atoms with Crippen LogP contribution >= 0.6 is 11.3 Å². The molecular weight excluding hydrogens is 348 g/mol. The molecule has 2 aromatic heterocycles. The van der Waals surface area contributed by atoms with Gasteiger partial charge >= 0.3 is 11.8 Å². The molecule has 0 radical (unpaired) electrons. The first kappa shape index (κ1) is 17.9. The molecule has 2 N–H and O–H groups in total. The van der Waals surface area contributed by atoms with Crippen LogP contribution in [0.4, 0.5) is 5.82 Å². The van der Waals surface area contributed by atoms with Crippen LogP contribution in [0.15, 0.2) is 48.0 Å². The van der Waals surface area contributed by atoms with Crippen molar-refractivity contribution < 1.29 is 9.59 Å². The van der Waals surface area contributed by atoms with Gasteiger partial charge < -0.3 is 10.6 Å². The lowest BCUT2D eigenvalue weighted by atomic mass is 10.1. The molecule has 3 rings (SSSR count). The number of hydrogen-bond acceptors (Lipinski definition) is 4. The van der Waals surface area contributed by atoms with Crippen molar-refractivity contribution >= 4 is 29.0 Å². The van der Waals surface area contributed by atoms with E-state index in [4.69, 9.17) is 0 Å². The zero-order valence-corrected chi connectivity index (χ0v) is 15.5. The van der Waals surface area contributed by atoms with Crippen molar-refractivity contribution in [2.45, 2.75) is 26.9 Å². The normalized spacial score (nSPS) is 10.5. The van der Waals surface area contributed by atoms with Crippen LogP contribution in [0.5, 0.6) is 0 Å². The minimum Gasteiger partial charge on any atom is -0.344 e. The number of hydrogen-bond donors (Lipinski definition) is 2. The van der Waals surface area contributed by atoms with Crippen LogP contribution in [0.1, 0.15) is 21.6 Å². The molecule has 0 fully saturated rings. The van der Waals surface area contributed by atoms with Crippen molar-refractivity contribution in [3.8, 4) is 0 Å². The Labute approximate surface area is 155 Å². The third kappa shape index (κ3) is 4.37. The van der Waals surface area contributed by atoms with Crippen molar-refractivity contribution in [3.05, 3.63) is 69.5 Å². The summed E-state index contributed by atoms with van der Waals surface area (Å²) < 4.78 is 1.65. The third-order valence-electron chi connectivity index (χ3n) is 3.99. The van der Waals surface area contributed by atoms with Crippen LogP contribution in [-0.4, -0.2) is 21.6 Å². The molecule has 0 bridgehead atoms. The van der Waals surface area contributed by atoms with Gasteiger partial charge in [-0.05, 0) is 36.4 Å². The van der Waals surface area contributed by atoms with Gasteiger partial charge in [-0.15, -0.1) is 11.3 Å². The van der Waals surface area contributed by atoms with Gasteiger partial charge in [-0.1, -0.05) is 29.8 Å². The number of nitrogens with one attached hydrogen (secondary N) is 2. The van der Waals surface area contributed by atoms with Gasteiger partial charge in [0.2, 0.25) is 0 Å². The fourth-order valence-corrected chi connectivity index (χ4v) is 3.27. The standard InChI is InChI=1S/C19H20N4O2S/c1-13-5-6-15(14(2)10-13)11-20-18(24)19(25)22-17-7-8-21-23(17)12-16-4-3-9-26-16/h3-10H,11-12H2,1-2H3,(H,20,24)(H,22,25). The number of carbonyl (C=O) groups excluding carboxylic acids is 2. The molecule has 1 aromatic carbocycles. The van der Waals surface area contributed by atoms with Crippen molar-refractivity contribution in [1.29, 1.82) is 0 Å². The number of aryl methyl sites for hydroxylation is 2. The van der Waals surface area contributed by atoms with Crippen LogP contribution in [0.3, 0.4) is 0 Å². The van der Waals surface area contributed by atoms with Gasteiger partial charge in [-0.2, -0.15) is 5.10 Å². The Balaban J connectivity index is 1.58. The molecule has 0 saturated carbocycles. The zero-order valence-electron chi connectivity index (χ0n) is 14.7. The molecule has 6 nitrogen and oxygen atoms in total. The second-order valence-corrected chi connectivity index (χ2v) is 7.05. The first-order chi connectivity index (χ1) is 12.5. The summed E-state index contributed by atoms with van der Waals surface area (Å²) >= 11 is 1.61. The first-order valence-corrected chi connectivity index (χ1v) is 9.10.